The Morgan fingerprint density at radius 2 is 1.83 bits per heavy atom. The summed E-state index contributed by atoms with van der Waals surface area (Å²) in [6.07, 6.45) is 6.59. The van der Waals surface area contributed by atoms with Crippen molar-refractivity contribution < 1.29 is 9.59 Å². The van der Waals surface area contributed by atoms with Gasteiger partial charge < -0.3 is 4.90 Å². The largest absolute Gasteiger partial charge is 0.372 e. The molecule has 1 atom stereocenters. The number of imide groups is 1. The maximum Gasteiger partial charge on any atom is 0.234 e. The summed E-state index contributed by atoms with van der Waals surface area (Å²) in [6, 6.07) is 8.27. The maximum absolute atomic E-state index is 11.9. The summed E-state index contributed by atoms with van der Waals surface area (Å²) in [4.78, 5) is 25.6. The fraction of sp³-hybridized carbons (Fsp3) is 0.474. The smallest absolute Gasteiger partial charge is 0.234 e. The monoisotopic (exact) mass is 312 g/mol. The number of allylic oxidation sites excluding steroid dienone is 1. The van der Waals surface area contributed by atoms with Gasteiger partial charge in [0.1, 0.15) is 0 Å². The zero-order valence-electron chi connectivity index (χ0n) is 13.5. The molecule has 2 aliphatic heterocycles. The highest BCUT2D eigenvalue weighted by molar-refractivity contribution is 6.00. The van der Waals surface area contributed by atoms with Crippen LogP contribution in [0.2, 0.25) is 0 Å². The van der Waals surface area contributed by atoms with E-state index in [9.17, 15) is 9.59 Å². The average Bonchev–Trinajstić information content (AvgIpc) is 2.56. The van der Waals surface area contributed by atoms with Crippen LogP contribution in [0.1, 0.15) is 43.6 Å². The molecule has 4 heteroatoms. The Balaban J connectivity index is 1.62. The van der Waals surface area contributed by atoms with Crippen LogP contribution in [0.5, 0.6) is 0 Å². The van der Waals surface area contributed by atoms with E-state index in [1.54, 1.807) is 0 Å². The molecule has 2 saturated heterocycles. The molecular weight excluding hydrogens is 288 g/mol. The lowest BCUT2D eigenvalue weighted by atomic mass is 9.90. The minimum absolute atomic E-state index is 0.162. The number of amides is 2. The van der Waals surface area contributed by atoms with Gasteiger partial charge in [-0.1, -0.05) is 18.2 Å². The topological polar surface area (TPSA) is 49.4 Å². The van der Waals surface area contributed by atoms with E-state index >= 15 is 0 Å². The van der Waals surface area contributed by atoms with Crippen molar-refractivity contribution in [2.45, 2.75) is 38.0 Å². The molecule has 1 N–H and O–H groups in total. The highest BCUT2D eigenvalue weighted by atomic mass is 16.2. The minimum Gasteiger partial charge on any atom is -0.372 e. The van der Waals surface area contributed by atoms with E-state index in [1.807, 2.05) is 18.2 Å². The van der Waals surface area contributed by atoms with Crippen molar-refractivity contribution in [2.24, 2.45) is 5.92 Å². The molecule has 0 spiro atoms. The Labute approximate surface area is 137 Å². The molecule has 0 aromatic heterocycles. The maximum atomic E-state index is 11.9. The second-order valence-corrected chi connectivity index (χ2v) is 6.55. The predicted octanol–water partition coefficient (Wildman–Crippen LogP) is 3.00. The van der Waals surface area contributed by atoms with Gasteiger partial charge in [0, 0.05) is 25.2 Å². The summed E-state index contributed by atoms with van der Waals surface area (Å²) in [5.41, 5.74) is 2.22. The third kappa shape index (κ3) is 3.63. The molecule has 1 aromatic carbocycles. The van der Waals surface area contributed by atoms with Gasteiger partial charge in [-0.05, 0) is 49.3 Å². The van der Waals surface area contributed by atoms with Crippen LogP contribution in [0.3, 0.4) is 0 Å². The second-order valence-electron chi connectivity index (χ2n) is 6.55. The summed E-state index contributed by atoms with van der Waals surface area (Å²) in [5, 5.41) is 2.43. The molecule has 0 saturated carbocycles. The molecule has 2 aliphatic rings. The van der Waals surface area contributed by atoms with Crippen LogP contribution in [0, 0.1) is 5.92 Å². The van der Waals surface area contributed by atoms with Crippen molar-refractivity contribution in [3.05, 3.63) is 42.5 Å². The Hall–Kier alpha value is -2.10. The fourth-order valence-electron chi connectivity index (χ4n) is 3.59. The van der Waals surface area contributed by atoms with Gasteiger partial charge in [-0.15, -0.1) is 6.58 Å². The first-order chi connectivity index (χ1) is 11.2. The SMILES string of the molecule is C=CCC1CCN(c2ccc(C3CCC(=O)NC3=O)cc2)CC1. The lowest BCUT2D eigenvalue weighted by molar-refractivity contribution is -0.134. The molecule has 23 heavy (non-hydrogen) atoms. The highest BCUT2D eigenvalue weighted by Crippen LogP contribution is 2.29. The van der Waals surface area contributed by atoms with Crippen molar-refractivity contribution in [2.75, 3.05) is 18.0 Å². The number of hydrogen-bond acceptors (Lipinski definition) is 3. The number of carbonyl (C=O) groups is 2. The number of carbonyl (C=O) groups excluding carboxylic acids is 2. The lowest BCUT2D eigenvalue weighted by Gasteiger charge is -2.33. The summed E-state index contributed by atoms with van der Waals surface area (Å²) >= 11 is 0. The Kier molecular flexibility index (Phi) is 4.79. The zero-order chi connectivity index (χ0) is 16.2. The summed E-state index contributed by atoms with van der Waals surface area (Å²) in [6.45, 7) is 5.99. The van der Waals surface area contributed by atoms with Crippen LogP contribution in [0.15, 0.2) is 36.9 Å². The molecule has 122 valence electrons. The van der Waals surface area contributed by atoms with Crippen LogP contribution in [-0.4, -0.2) is 24.9 Å². The number of piperidine rings is 2. The van der Waals surface area contributed by atoms with Crippen molar-refractivity contribution in [1.82, 2.24) is 5.32 Å². The van der Waals surface area contributed by atoms with E-state index < -0.39 is 0 Å². The zero-order valence-corrected chi connectivity index (χ0v) is 13.5. The van der Waals surface area contributed by atoms with Crippen LogP contribution in [0.25, 0.3) is 0 Å². The first-order valence-electron chi connectivity index (χ1n) is 8.47. The molecule has 0 bridgehead atoms. The van der Waals surface area contributed by atoms with Gasteiger partial charge in [0.05, 0.1) is 5.92 Å². The molecule has 3 rings (SSSR count). The van der Waals surface area contributed by atoms with Crippen LogP contribution >= 0.6 is 0 Å². The van der Waals surface area contributed by atoms with Gasteiger partial charge in [0.15, 0.2) is 0 Å². The number of hydrogen-bond donors (Lipinski definition) is 1. The van der Waals surface area contributed by atoms with E-state index in [2.05, 4.69) is 28.9 Å². The van der Waals surface area contributed by atoms with Crippen LogP contribution in [0.4, 0.5) is 5.69 Å². The number of benzene rings is 1. The summed E-state index contributed by atoms with van der Waals surface area (Å²) in [7, 11) is 0. The van der Waals surface area contributed by atoms with Crippen molar-refractivity contribution in [3.63, 3.8) is 0 Å². The standard InChI is InChI=1S/C19H24N2O2/c1-2-3-14-10-12-21(13-11-14)16-6-4-15(5-7-16)17-8-9-18(22)20-19(17)23/h2,4-7,14,17H,1,3,8-13H2,(H,20,22,23). The number of nitrogens with one attached hydrogen (secondary N) is 1. The van der Waals surface area contributed by atoms with E-state index in [0.29, 0.717) is 12.8 Å². The molecule has 2 heterocycles. The van der Waals surface area contributed by atoms with E-state index in [4.69, 9.17) is 0 Å². The van der Waals surface area contributed by atoms with E-state index in [1.165, 1.54) is 18.5 Å². The molecule has 4 nitrogen and oxygen atoms in total. The van der Waals surface area contributed by atoms with Gasteiger partial charge in [0.2, 0.25) is 11.8 Å². The Morgan fingerprint density at radius 1 is 1.13 bits per heavy atom. The fourth-order valence-corrected chi connectivity index (χ4v) is 3.59. The summed E-state index contributed by atoms with van der Waals surface area (Å²) < 4.78 is 0. The second kappa shape index (κ2) is 6.99. The number of nitrogens with zero attached hydrogens (tertiary/aromatic N) is 1. The summed E-state index contributed by atoms with van der Waals surface area (Å²) in [5.74, 6) is 0.246. The van der Waals surface area contributed by atoms with Crippen molar-refractivity contribution in [1.29, 1.82) is 0 Å². The molecule has 1 aromatic rings. The Morgan fingerprint density at radius 3 is 2.43 bits per heavy atom. The first-order valence-corrected chi connectivity index (χ1v) is 8.47. The van der Waals surface area contributed by atoms with Crippen molar-refractivity contribution >= 4 is 17.5 Å². The molecule has 2 fully saturated rings. The molecule has 0 radical (unpaired) electrons. The number of rotatable bonds is 4. The van der Waals surface area contributed by atoms with Gasteiger partial charge in [-0.3, -0.25) is 14.9 Å². The Bertz CT molecular complexity index is 586. The molecule has 0 aliphatic carbocycles. The lowest BCUT2D eigenvalue weighted by Crippen LogP contribution is -2.39. The highest BCUT2D eigenvalue weighted by Gasteiger charge is 2.28. The number of anilines is 1. The van der Waals surface area contributed by atoms with Crippen LogP contribution in [-0.2, 0) is 9.59 Å². The first kappa shape index (κ1) is 15.8. The van der Waals surface area contributed by atoms with Gasteiger partial charge in [-0.2, -0.15) is 0 Å². The third-order valence-corrected chi connectivity index (χ3v) is 5.01. The third-order valence-electron chi connectivity index (χ3n) is 5.01. The van der Waals surface area contributed by atoms with Gasteiger partial charge in [0.25, 0.3) is 0 Å². The molecular formula is C19H24N2O2. The van der Waals surface area contributed by atoms with E-state index in [-0.39, 0.29) is 17.7 Å². The predicted molar refractivity (Wildman–Crippen MR) is 91.3 cm³/mol. The van der Waals surface area contributed by atoms with Gasteiger partial charge >= 0.3 is 0 Å². The molecule has 2 amide bonds. The molecule has 1 unspecified atom stereocenters. The van der Waals surface area contributed by atoms with E-state index in [0.717, 1.165) is 31.0 Å². The van der Waals surface area contributed by atoms with Gasteiger partial charge in [-0.25, -0.2) is 0 Å². The average molecular weight is 312 g/mol. The minimum atomic E-state index is -0.194. The van der Waals surface area contributed by atoms with Crippen molar-refractivity contribution in [3.8, 4) is 0 Å². The van der Waals surface area contributed by atoms with Crippen LogP contribution < -0.4 is 10.2 Å². The quantitative estimate of drug-likeness (QED) is 0.687. The normalized spacial score (nSPS) is 22.8.